The van der Waals surface area contributed by atoms with Crippen molar-refractivity contribution in [2.75, 3.05) is 0 Å². The first-order valence-electron chi connectivity index (χ1n) is 9.49. The smallest absolute Gasteiger partial charge is 0.157 e. The van der Waals surface area contributed by atoms with Gasteiger partial charge >= 0.3 is 0 Å². The minimum absolute atomic E-state index is 0.128. The van der Waals surface area contributed by atoms with E-state index in [9.17, 15) is 0 Å². The Labute approximate surface area is 177 Å². The first kappa shape index (κ1) is 17.8. The highest BCUT2D eigenvalue weighted by Gasteiger charge is 2.20. The maximum atomic E-state index is 4.48. The Morgan fingerprint density at radius 1 is 0.759 bits per heavy atom. The van der Waals surface area contributed by atoms with Crippen molar-refractivity contribution in [2.24, 2.45) is 0 Å². The van der Waals surface area contributed by atoms with Gasteiger partial charge in [-0.25, -0.2) is 9.97 Å². The molecule has 0 saturated heterocycles. The van der Waals surface area contributed by atoms with E-state index in [1.165, 1.54) is 16.7 Å². The summed E-state index contributed by atoms with van der Waals surface area (Å²) in [6.45, 7) is 0. The Bertz CT molecular complexity index is 1220. The van der Waals surface area contributed by atoms with Crippen molar-refractivity contribution >= 4 is 27.1 Å². The van der Waals surface area contributed by atoms with Crippen LogP contribution in [0.4, 0.5) is 0 Å². The number of nitrogens with one attached hydrogen (secondary N) is 1. The first-order chi connectivity index (χ1) is 14.3. The number of benzene rings is 3. The van der Waals surface area contributed by atoms with Crippen molar-refractivity contribution in [2.45, 2.75) is 5.92 Å². The molecular formula is C25H18BrN3. The maximum absolute atomic E-state index is 4.48. The quantitative estimate of drug-likeness (QED) is 0.321. The fraction of sp³-hybridized carbons (Fsp3) is 0.0400. The van der Waals surface area contributed by atoms with Gasteiger partial charge in [-0.15, -0.1) is 0 Å². The normalized spacial score (nSPS) is 11.2. The van der Waals surface area contributed by atoms with Crippen molar-refractivity contribution in [1.29, 1.82) is 0 Å². The summed E-state index contributed by atoms with van der Waals surface area (Å²) >= 11 is 3.81. The number of H-pyrrole nitrogens is 1. The molecule has 5 rings (SSSR count). The molecule has 0 unspecified atom stereocenters. The third kappa shape index (κ3) is 3.36. The van der Waals surface area contributed by atoms with Crippen LogP contribution in [0, 0.1) is 0 Å². The van der Waals surface area contributed by atoms with Crippen molar-refractivity contribution in [3.05, 3.63) is 119 Å². The third-order valence-corrected chi connectivity index (χ3v) is 5.93. The van der Waals surface area contributed by atoms with Crippen LogP contribution in [0.2, 0.25) is 0 Å². The summed E-state index contributed by atoms with van der Waals surface area (Å²) < 4.78 is 1.09. The molecule has 0 aliphatic heterocycles. The number of halogens is 1. The van der Waals surface area contributed by atoms with E-state index in [4.69, 9.17) is 0 Å². The predicted molar refractivity (Wildman–Crippen MR) is 121 cm³/mol. The zero-order valence-corrected chi connectivity index (χ0v) is 17.2. The topological polar surface area (TPSA) is 41.6 Å². The lowest BCUT2D eigenvalue weighted by atomic mass is 9.84. The van der Waals surface area contributed by atoms with E-state index in [-0.39, 0.29) is 5.92 Å². The number of aromatic nitrogens is 3. The SMILES string of the molecule is Brc1ccc(-c2ccnc3[nH]cnc23)cc1C(c1ccccc1)c1ccccc1. The van der Waals surface area contributed by atoms with Crippen LogP contribution in [0.25, 0.3) is 22.3 Å². The number of nitrogens with zero attached hydrogens (tertiary/aromatic N) is 2. The van der Waals surface area contributed by atoms with Gasteiger partial charge in [0.1, 0.15) is 5.52 Å². The minimum atomic E-state index is 0.128. The molecule has 0 atom stereocenters. The molecule has 0 radical (unpaired) electrons. The molecule has 0 aliphatic carbocycles. The lowest BCUT2D eigenvalue weighted by Crippen LogP contribution is -2.04. The number of pyridine rings is 1. The van der Waals surface area contributed by atoms with E-state index in [0.717, 1.165) is 26.8 Å². The van der Waals surface area contributed by atoms with Crippen LogP contribution in [0.5, 0.6) is 0 Å². The average molecular weight is 440 g/mol. The Balaban J connectivity index is 1.71. The third-order valence-electron chi connectivity index (χ3n) is 5.20. The summed E-state index contributed by atoms with van der Waals surface area (Å²) in [6.07, 6.45) is 3.51. The largest absolute Gasteiger partial charge is 0.329 e. The fourth-order valence-corrected chi connectivity index (χ4v) is 4.33. The number of imidazole rings is 1. The van der Waals surface area contributed by atoms with Gasteiger partial charge in [0.25, 0.3) is 0 Å². The van der Waals surface area contributed by atoms with Gasteiger partial charge in [-0.05, 0) is 40.5 Å². The van der Waals surface area contributed by atoms with Crippen molar-refractivity contribution in [3.63, 3.8) is 0 Å². The minimum Gasteiger partial charge on any atom is -0.329 e. The molecule has 2 aromatic heterocycles. The maximum Gasteiger partial charge on any atom is 0.157 e. The van der Waals surface area contributed by atoms with Gasteiger partial charge in [-0.2, -0.15) is 0 Å². The van der Waals surface area contributed by atoms with Crippen LogP contribution in [-0.4, -0.2) is 15.0 Å². The molecule has 0 aliphatic rings. The Morgan fingerprint density at radius 2 is 1.45 bits per heavy atom. The summed E-state index contributed by atoms with van der Waals surface area (Å²) in [6, 6.07) is 29.8. The van der Waals surface area contributed by atoms with Crippen LogP contribution in [0.3, 0.4) is 0 Å². The van der Waals surface area contributed by atoms with Gasteiger partial charge in [0.2, 0.25) is 0 Å². The predicted octanol–water partition coefficient (Wildman–Crippen LogP) is 6.57. The lowest BCUT2D eigenvalue weighted by Gasteiger charge is -2.21. The molecular weight excluding hydrogens is 422 g/mol. The number of aromatic amines is 1. The molecule has 29 heavy (non-hydrogen) atoms. The zero-order valence-electron chi connectivity index (χ0n) is 15.6. The second-order valence-corrected chi connectivity index (χ2v) is 7.80. The van der Waals surface area contributed by atoms with Crippen LogP contribution < -0.4 is 0 Å². The van der Waals surface area contributed by atoms with E-state index >= 15 is 0 Å². The van der Waals surface area contributed by atoms with Gasteiger partial charge in [0, 0.05) is 22.2 Å². The summed E-state index contributed by atoms with van der Waals surface area (Å²) in [5, 5.41) is 0. The summed E-state index contributed by atoms with van der Waals surface area (Å²) in [4.78, 5) is 11.9. The molecule has 0 amide bonds. The fourth-order valence-electron chi connectivity index (χ4n) is 3.86. The lowest BCUT2D eigenvalue weighted by molar-refractivity contribution is 0.970. The Kier molecular flexibility index (Phi) is 4.70. The molecule has 0 fully saturated rings. The molecule has 5 aromatic rings. The van der Waals surface area contributed by atoms with Gasteiger partial charge < -0.3 is 4.98 Å². The molecule has 3 nitrogen and oxygen atoms in total. The monoisotopic (exact) mass is 439 g/mol. The molecule has 0 bridgehead atoms. The standard InChI is InChI=1S/C25H18BrN3/c26-22-12-11-19(20-13-14-27-25-24(20)28-16-29-25)15-21(22)23(17-7-3-1-4-8-17)18-9-5-2-6-10-18/h1-16,23H,(H,27,28,29). The first-order valence-corrected chi connectivity index (χ1v) is 10.3. The molecule has 0 saturated carbocycles. The highest BCUT2D eigenvalue weighted by atomic mass is 79.9. The second kappa shape index (κ2) is 7.64. The Hall–Kier alpha value is -3.24. The van der Waals surface area contributed by atoms with E-state index < -0.39 is 0 Å². The molecule has 140 valence electrons. The molecule has 0 spiro atoms. The van der Waals surface area contributed by atoms with Crippen molar-refractivity contribution in [3.8, 4) is 11.1 Å². The van der Waals surface area contributed by atoms with E-state index in [1.807, 2.05) is 12.3 Å². The molecule has 3 aromatic carbocycles. The highest BCUT2D eigenvalue weighted by Crippen LogP contribution is 2.38. The Morgan fingerprint density at radius 3 is 2.14 bits per heavy atom. The molecule has 4 heteroatoms. The van der Waals surface area contributed by atoms with Crippen molar-refractivity contribution < 1.29 is 0 Å². The molecule has 2 heterocycles. The van der Waals surface area contributed by atoms with Crippen LogP contribution in [0.15, 0.2) is 102 Å². The van der Waals surface area contributed by atoms with Gasteiger partial charge in [-0.3, -0.25) is 0 Å². The number of rotatable bonds is 4. The number of hydrogen-bond acceptors (Lipinski definition) is 2. The second-order valence-electron chi connectivity index (χ2n) is 6.95. The van der Waals surface area contributed by atoms with Crippen LogP contribution in [0.1, 0.15) is 22.6 Å². The van der Waals surface area contributed by atoms with Gasteiger partial charge in [-0.1, -0.05) is 82.7 Å². The number of fused-ring (bicyclic) bond motifs is 1. The average Bonchev–Trinajstić information content (AvgIpc) is 3.26. The van der Waals surface area contributed by atoms with Crippen molar-refractivity contribution in [1.82, 2.24) is 15.0 Å². The van der Waals surface area contributed by atoms with Crippen LogP contribution in [-0.2, 0) is 0 Å². The number of hydrogen-bond donors (Lipinski definition) is 1. The van der Waals surface area contributed by atoms with Crippen LogP contribution >= 0.6 is 15.9 Å². The van der Waals surface area contributed by atoms with E-state index in [2.05, 4.69) is 110 Å². The molecule has 1 N–H and O–H groups in total. The summed E-state index contributed by atoms with van der Waals surface area (Å²) in [5.74, 6) is 0.128. The zero-order chi connectivity index (χ0) is 19.6. The van der Waals surface area contributed by atoms with Gasteiger partial charge in [0.15, 0.2) is 5.65 Å². The summed E-state index contributed by atoms with van der Waals surface area (Å²) in [7, 11) is 0. The van der Waals surface area contributed by atoms with E-state index in [0.29, 0.717) is 0 Å². The van der Waals surface area contributed by atoms with Gasteiger partial charge in [0.05, 0.1) is 6.33 Å². The van der Waals surface area contributed by atoms with E-state index in [1.54, 1.807) is 6.33 Å². The highest BCUT2D eigenvalue weighted by molar-refractivity contribution is 9.10. The summed E-state index contributed by atoms with van der Waals surface area (Å²) in [5.41, 5.74) is 7.63.